The van der Waals surface area contributed by atoms with E-state index in [2.05, 4.69) is 72.8 Å². The molecule has 0 spiro atoms. The maximum absolute atomic E-state index is 2.50. The van der Waals surface area contributed by atoms with E-state index in [9.17, 15) is 0 Å². The summed E-state index contributed by atoms with van der Waals surface area (Å²) in [5.41, 5.74) is 6.06. The summed E-state index contributed by atoms with van der Waals surface area (Å²) in [6.45, 7) is 0. The standard InChI is InChI=1S/C24H22/c1-2-10-18(9-1)23-16-19-11-4-6-14-21(19)24(23)22-15-7-12-17-8-3-5-13-20(17)22/h3-8,11-16,18,24H,1-2,9-10H2. The van der Waals surface area contributed by atoms with Gasteiger partial charge in [-0.2, -0.15) is 0 Å². The molecule has 2 aliphatic rings. The van der Waals surface area contributed by atoms with Crippen LogP contribution in [0.3, 0.4) is 0 Å². The van der Waals surface area contributed by atoms with E-state index in [1.54, 1.807) is 5.57 Å². The third-order valence-corrected chi connectivity index (χ3v) is 5.92. The number of hydrogen-bond donors (Lipinski definition) is 0. The Bertz CT molecular complexity index is 920. The Hall–Kier alpha value is -2.34. The molecule has 0 aliphatic heterocycles. The zero-order valence-electron chi connectivity index (χ0n) is 13.9. The molecule has 3 aromatic rings. The van der Waals surface area contributed by atoms with Gasteiger partial charge in [0.05, 0.1) is 0 Å². The van der Waals surface area contributed by atoms with Crippen LogP contribution < -0.4 is 0 Å². The maximum Gasteiger partial charge on any atom is 0.0317 e. The highest BCUT2D eigenvalue weighted by Crippen LogP contribution is 2.49. The highest BCUT2D eigenvalue weighted by molar-refractivity contribution is 5.88. The molecule has 1 fully saturated rings. The Morgan fingerprint density at radius 2 is 1.38 bits per heavy atom. The number of fused-ring (bicyclic) bond motifs is 2. The lowest BCUT2D eigenvalue weighted by atomic mass is 9.80. The van der Waals surface area contributed by atoms with Crippen LogP contribution in [0.1, 0.15) is 48.3 Å². The SMILES string of the molecule is C1=C(C2CCCC2)C(c2cccc3ccccc23)c2ccccc21. The van der Waals surface area contributed by atoms with Gasteiger partial charge >= 0.3 is 0 Å². The maximum atomic E-state index is 2.50. The smallest absolute Gasteiger partial charge is 0.0317 e. The first kappa shape index (κ1) is 14.0. The van der Waals surface area contributed by atoms with Crippen molar-refractivity contribution in [2.75, 3.05) is 0 Å². The molecule has 0 saturated heterocycles. The second kappa shape index (κ2) is 5.63. The number of benzene rings is 3. The van der Waals surface area contributed by atoms with Crippen LogP contribution >= 0.6 is 0 Å². The molecule has 3 aromatic carbocycles. The fourth-order valence-corrected chi connectivity index (χ4v) is 4.81. The highest BCUT2D eigenvalue weighted by Gasteiger charge is 2.33. The summed E-state index contributed by atoms with van der Waals surface area (Å²) in [4.78, 5) is 0. The van der Waals surface area contributed by atoms with E-state index in [0.717, 1.165) is 5.92 Å². The summed E-state index contributed by atoms with van der Waals surface area (Å²) in [6.07, 6.45) is 8.00. The normalized spacial score (nSPS) is 20.3. The topological polar surface area (TPSA) is 0 Å². The fourth-order valence-electron chi connectivity index (χ4n) is 4.81. The lowest BCUT2D eigenvalue weighted by Crippen LogP contribution is -2.08. The average molecular weight is 310 g/mol. The summed E-state index contributed by atoms with van der Waals surface area (Å²) in [5.74, 6) is 1.21. The third-order valence-electron chi connectivity index (χ3n) is 5.92. The van der Waals surface area contributed by atoms with E-state index in [0.29, 0.717) is 5.92 Å². The number of hydrogen-bond acceptors (Lipinski definition) is 0. The monoisotopic (exact) mass is 310 g/mol. The quantitative estimate of drug-likeness (QED) is 0.503. The van der Waals surface area contributed by atoms with E-state index in [1.165, 1.54) is 53.1 Å². The molecular formula is C24H22. The van der Waals surface area contributed by atoms with Gasteiger partial charge in [-0.3, -0.25) is 0 Å². The van der Waals surface area contributed by atoms with Gasteiger partial charge in [0, 0.05) is 5.92 Å². The molecule has 1 saturated carbocycles. The number of allylic oxidation sites excluding steroid dienone is 1. The Kier molecular flexibility index (Phi) is 3.29. The Labute approximate surface area is 143 Å². The second-order valence-corrected chi connectivity index (χ2v) is 7.26. The van der Waals surface area contributed by atoms with Gasteiger partial charge in [0.2, 0.25) is 0 Å². The van der Waals surface area contributed by atoms with Crippen molar-refractivity contribution in [1.82, 2.24) is 0 Å². The predicted molar refractivity (Wildman–Crippen MR) is 102 cm³/mol. The molecule has 0 heterocycles. The van der Waals surface area contributed by atoms with Crippen molar-refractivity contribution in [3.05, 3.63) is 89.0 Å². The van der Waals surface area contributed by atoms with Gasteiger partial charge in [-0.25, -0.2) is 0 Å². The van der Waals surface area contributed by atoms with Gasteiger partial charge in [-0.05, 0) is 46.2 Å². The van der Waals surface area contributed by atoms with Crippen LogP contribution in [-0.2, 0) is 0 Å². The lowest BCUT2D eigenvalue weighted by Gasteiger charge is -2.23. The summed E-state index contributed by atoms with van der Waals surface area (Å²) in [7, 11) is 0. The molecule has 1 atom stereocenters. The second-order valence-electron chi connectivity index (χ2n) is 7.26. The van der Waals surface area contributed by atoms with Crippen LogP contribution in [0.5, 0.6) is 0 Å². The van der Waals surface area contributed by atoms with Crippen LogP contribution in [-0.4, -0.2) is 0 Å². The number of rotatable bonds is 2. The molecular weight excluding hydrogens is 288 g/mol. The average Bonchev–Trinajstić information content (AvgIpc) is 3.28. The first-order chi connectivity index (χ1) is 11.9. The van der Waals surface area contributed by atoms with Gasteiger partial charge < -0.3 is 0 Å². The van der Waals surface area contributed by atoms with E-state index in [1.807, 2.05) is 0 Å². The molecule has 0 nitrogen and oxygen atoms in total. The third kappa shape index (κ3) is 2.13. The Morgan fingerprint density at radius 1 is 0.667 bits per heavy atom. The summed E-state index contributed by atoms with van der Waals surface area (Å²) in [5, 5.41) is 2.76. The molecule has 5 rings (SSSR count). The molecule has 0 aromatic heterocycles. The summed E-state index contributed by atoms with van der Waals surface area (Å²) >= 11 is 0. The highest BCUT2D eigenvalue weighted by atomic mass is 14.4. The van der Waals surface area contributed by atoms with E-state index < -0.39 is 0 Å². The molecule has 0 amide bonds. The first-order valence-corrected chi connectivity index (χ1v) is 9.20. The van der Waals surface area contributed by atoms with Crippen LogP contribution in [0.25, 0.3) is 16.8 Å². The molecule has 0 heteroatoms. The molecule has 1 unspecified atom stereocenters. The van der Waals surface area contributed by atoms with Crippen molar-refractivity contribution < 1.29 is 0 Å². The van der Waals surface area contributed by atoms with Crippen molar-refractivity contribution in [3.8, 4) is 0 Å². The van der Waals surface area contributed by atoms with Crippen molar-refractivity contribution in [3.63, 3.8) is 0 Å². The Morgan fingerprint density at radius 3 is 2.29 bits per heavy atom. The summed E-state index contributed by atoms with van der Waals surface area (Å²) in [6, 6.07) is 24.6. The first-order valence-electron chi connectivity index (χ1n) is 9.20. The zero-order valence-corrected chi connectivity index (χ0v) is 13.9. The van der Waals surface area contributed by atoms with Crippen LogP contribution in [0.15, 0.2) is 72.3 Å². The lowest BCUT2D eigenvalue weighted by molar-refractivity contribution is 0.614. The van der Waals surface area contributed by atoms with Crippen LogP contribution in [0.2, 0.25) is 0 Å². The molecule has 0 radical (unpaired) electrons. The van der Waals surface area contributed by atoms with Gasteiger partial charge in [-0.15, -0.1) is 0 Å². The molecule has 0 N–H and O–H groups in total. The van der Waals surface area contributed by atoms with Gasteiger partial charge in [-0.1, -0.05) is 91.2 Å². The molecule has 2 aliphatic carbocycles. The van der Waals surface area contributed by atoms with Gasteiger partial charge in [0.25, 0.3) is 0 Å². The van der Waals surface area contributed by atoms with Crippen molar-refractivity contribution in [2.24, 2.45) is 5.92 Å². The van der Waals surface area contributed by atoms with Gasteiger partial charge in [0.1, 0.15) is 0 Å². The van der Waals surface area contributed by atoms with Crippen LogP contribution in [0, 0.1) is 5.92 Å². The molecule has 0 bridgehead atoms. The largest absolute Gasteiger partial charge is 0.0619 e. The minimum absolute atomic E-state index is 0.440. The predicted octanol–water partition coefficient (Wildman–Crippen LogP) is 6.56. The van der Waals surface area contributed by atoms with E-state index >= 15 is 0 Å². The Balaban J connectivity index is 1.73. The van der Waals surface area contributed by atoms with Crippen molar-refractivity contribution in [1.29, 1.82) is 0 Å². The van der Waals surface area contributed by atoms with E-state index in [-0.39, 0.29) is 0 Å². The summed E-state index contributed by atoms with van der Waals surface area (Å²) < 4.78 is 0. The van der Waals surface area contributed by atoms with Crippen molar-refractivity contribution in [2.45, 2.75) is 31.6 Å². The minimum atomic E-state index is 0.440. The fraction of sp³-hybridized carbons (Fsp3) is 0.250. The van der Waals surface area contributed by atoms with E-state index in [4.69, 9.17) is 0 Å². The van der Waals surface area contributed by atoms with Crippen LogP contribution in [0.4, 0.5) is 0 Å². The van der Waals surface area contributed by atoms with Gasteiger partial charge in [0.15, 0.2) is 0 Å². The minimum Gasteiger partial charge on any atom is -0.0619 e. The molecule has 118 valence electrons. The molecule has 24 heavy (non-hydrogen) atoms. The zero-order chi connectivity index (χ0) is 15.9. The van der Waals surface area contributed by atoms with Crippen molar-refractivity contribution >= 4 is 16.8 Å².